The van der Waals surface area contributed by atoms with Gasteiger partial charge in [-0.05, 0) is 26.2 Å². The Morgan fingerprint density at radius 3 is 2.67 bits per heavy atom. The van der Waals surface area contributed by atoms with Gasteiger partial charge < -0.3 is 15.5 Å². The predicted molar refractivity (Wildman–Crippen MR) is 91.3 cm³/mol. The quantitative estimate of drug-likeness (QED) is 0.735. The van der Waals surface area contributed by atoms with Crippen molar-refractivity contribution >= 4 is 15.9 Å². The molecule has 2 rings (SSSR count). The van der Waals surface area contributed by atoms with E-state index in [4.69, 9.17) is 10.2 Å². The third-order valence-corrected chi connectivity index (χ3v) is 6.31. The SMILES string of the molecule is CCCCC(CN)NC(=O)c1cc(S(=O)(=O)N2CCCC2)c(C)o1. The average Bonchev–Trinajstić information content (AvgIpc) is 3.21. The molecule has 1 unspecified atom stereocenters. The van der Waals surface area contributed by atoms with Crippen LogP contribution in [0.4, 0.5) is 0 Å². The van der Waals surface area contributed by atoms with Gasteiger partial charge in [0.2, 0.25) is 10.0 Å². The van der Waals surface area contributed by atoms with Gasteiger partial charge in [-0.3, -0.25) is 4.79 Å². The van der Waals surface area contributed by atoms with E-state index in [-0.39, 0.29) is 22.5 Å². The number of hydrogen-bond donors (Lipinski definition) is 2. The molecule has 2 heterocycles. The van der Waals surface area contributed by atoms with Crippen molar-refractivity contribution < 1.29 is 17.6 Å². The first-order chi connectivity index (χ1) is 11.4. The fourth-order valence-corrected chi connectivity index (χ4v) is 4.53. The molecule has 3 N–H and O–H groups in total. The largest absolute Gasteiger partial charge is 0.455 e. The molecule has 7 nitrogen and oxygen atoms in total. The average molecular weight is 357 g/mol. The number of sulfonamides is 1. The molecule has 0 saturated carbocycles. The zero-order valence-corrected chi connectivity index (χ0v) is 15.2. The molecule has 1 aliphatic heterocycles. The molecule has 1 aromatic rings. The van der Waals surface area contributed by atoms with Gasteiger partial charge in [-0.2, -0.15) is 4.31 Å². The van der Waals surface area contributed by atoms with Crippen LogP contribution < -0.4 is 11.1 Å². The molecule has 0 bridgehead atoms. The second-order valence-corrected chi connectivity index (χ2v) is 8.10. The van der Waals surface area contributed by atoms with Gasteiger partial charge in [-0.15, -0.1) is 0 Å². The second kappa shape index (κ2) is 8.13. The Morgan fingerprint density at radius 2 is 2.08 bits per heavy atom. The zero-order chi connectivity index (χ0) is 17.7. The number of furan rings is 1. The first-order valence-corrected chi connectivity index (χ1v) is 9.95. The normalized spacial score (nSPS) is 17.1. The summed E-state index contributed by atoms with van der Waals surface area (Å²) in [5, 5.41) is 2.81. The van der Waals surface area contributed by atoms with E-state index in [0.717, 1.165) is 32.1 Å². The Kier molecular flexibility index (Phi) is 6.42. The Labute approximate surface area is 143 Å². The smallest absolute Gasteiger partial charge is 0.287 e. The van der Waals surface area contributed by atoms with Crippen LogP contribution in [0.15, 0.2) is 15.4 Å². The standard InChI is InChI=1S/C16H27N3O4S/c1-3-4-7-13(11-17)18-16(20)14-10-15(12(2)23-14)24(21,22)19-8-5-6-9-19/h10,13H,3-9,11,17H2,1-2H3,(H,18,20). The highest BCUT2D eigenvalue weighted by molar-refractivity contribution is 7.89. The van der Waals surface area contributed by atoms with Crippen LogP contribution in [-0.4, -0.2) is 44.3 Å². The van der Waals surface area contributed by atoms with Crippen LogP contribution in [0.1, 0.15) is 55.3 Å². The van der Waals surface area contributed by atoms with E-state index in [2.05, 4.69) is 12.2 Å². The molecule has 0 radical (unpaired) electrons. The van der Waals surface area contributed by atoms with Crippen molar-refractivity contribution in [1.82, 2.24) is 9.62 Å². The highest BCUT2D eigenvalue weighted by atomic mass is 32.2. The number of unbranched alkanes of at least 4 members (excludes halogenated alkanes) is 1. The van der Waals surface area contributed by atoms with Crippen LogP contribution in [0.5, 0.6) is 0 Å². The lowest BCUT2D eigenvalue weighted by molar-refractivity contribution is 0.0906. The van der Waals surface area contributed by atoms with E-state index < -0.39 is 15.9 Å². The molecule has 0 aromatic carbocycles. The summed E-state index contributed by atoms with van der Waals surface area (Å²) in [6.07, 6.45) is 4.49. The number of rotatable bonds is 8. The molecule has 8 heteroatoms. The topological polar surface area (TPSA) is 106 Å². The molecule has 0 spiro atoms. The molecular formula is C16H27N3O4S. The summed E-state index contributed by atoms with van der Waals surface area (Å²) >= 11 is 0. The maximum absolute atomic E-state index is 12.6. The molecule has 1 aromatic heterocycles. The molecule has 1 aliphatic rings. The van der Waals surface area contributed by atoms with E-state index >= 15 is 0 Å². The number of hydrogen-bond acceptors (Lipinski definition) is 5. The lowest BCUT2D eigenvalue weighted by Gasteiger charge is -2.15. The third kappa shape index (κ3) is 4.17. The Hall–Kier alpha value is -1.38. The first-order valence-electron chi connectivity index (χ1n) is 8.51. The molecule has 0 aliphatic carbocycles. The van der Waals surface area contributed by atoms with Crippen molar-refractivity contribution in [3.8, 4) is 0 Å². The van der Waals surface area contributed by atoms with Crippen molar-refractivity contribution in [2.45, 2.75) is 56.9 Å². The lowest BCUT2D eigenvalue weighted by atomic mass is 10.1. The molecule has 1 atom stereocenters. The summed E-state index contributed by atoms with van der Waals surface area (Å²) in [5.74, 6) is -0.169. The number of carbonyl (C=O) groups is 1. The number of aryl methyl sites for hydroxylation is 1. The van der Waals surface area contributed by atoms with Crippen molar-refractivity contribution in [2.75, 3.05) is 19.6 Å². The lowest BCUT2D eigenvalue weighted by Crippen LogP contribution is -2.40. The third-order valence-electron chi connectivity index (χ3n) is 4.30. The van der Waals surface area contributed by atoms with Crippen LogP contribution in [-0.2, 0) is 10.0 Å². The predicted octanol–water partition coefficient (Wildman–Crippen LogP) is 1.62. The molecule has 1 saturated heterocycles. The van der Waals surface area contributed by atoms with E-state index in [1.54, 1.807) is 6.92 Å². The number of carbonyl (C=O) groups excluding carboxylic acids is 1. The molecule has 24 heavy (non-hydrogen) atoms. The van der Waals surface area contributed by atoms with Crippen molar-refractivity contribution in [1.29, 1.82) is 0 Å². The van der Waals surface area contributed by atoms with Gasteiger partial charge in [0.1, 0.15) is 10.7 Å². The summed E-state index contributed by atoms with van der Waals surface area (Å²) in [7, 11) is -3.60. The molecule has 1 amide bonds. The van der Waals surface area contributed by atoms with Crippen LogP contribution in [0, 0.1) is 6.92 Å². The van der Waals surface area contributed by atoms with Crippen molar-refractivity contribution in [3.63, 3.8) is 0 Å². The van der Waals surface area contributed by atoms with E-state index in [0.29, 0.717) is 19.6 Å². The van der Waals surface area contributed by atoms with Crippen LogP contribution in [0.2, 0.25) is 0 Å². The monoisotopic (exact) mass is 357 g/mol. The fraction of sp³-hybridized carbons (Fsp3) is 0.688. The number of nitrogens with zero attached hydrogens (tertiary/aromatic N) is 1. The second-order valence-electron chi connectivity index (χ2n) is 6.19. The van der Waals surface area contributed by atoms with Crippen LogP contribution in [0.3, 0.4) is 0 Å². The zero-order valence-electron chi connectivity index (χ0n) is 14.4. The Morgan fingerprint density at radius 1 is 1.42 bits per heavy atom. The molecule has 1 fully saturated rings. The minimum absolute atomic E-state index is 0.0141. The van der Waals surface area contributed by atoms with Gasteiger partial charge in [0.05, 0.1) is 0 Å². The van der Waals surface area contributed by atoms with Gasteiger partial charge in [0, 0.05) is 31.7 Å². The summed E-state index contributed by atoms with van der Waals surface area (Å²) in [4.78, 5) is 12.4. The summed E-state index contributed by atoms with van der Waals surface area (Å²) in [6.45, 7) is 5.00. The van der Waals surface area contributed by atoms with Crippen LogP contribution >= 0.6 is 0 Å². The van der Waals surface area contributed by atoms with Gasteiger partial charge in [0.15, 0.2) is 5.76 Å². The van der Waals surface area contributed by atoms with Crippen molar-refractivity contribution in [3.05, 3.63) is 17.6 Å². The molecular weight excluding hydrogens is 330 g/mol. The maximum Gasteiger partial charge on any atom is 0.287 e. The fourth-order valence-electron chi connectivity index (χ4n) is 2.86. The van der Waals surface area contributed by atoms with Gasteiger partial charge in [-0.25, -0.2) is 8.42 Å². The molecule has 136 valence electrons. The highest BCUT2D eigenvalue weighted by Crippen LogP contribution is 2.26. The highest BCUT2D eigenvalue weighted by Gasteiger charge is 2.31. The van der Waals surface area contributed by atoms with Gasteiger partial charge >= 0.3 is 0 Å². The number of amides is 1. The van der Waals surface area contributed by atoms with E-state index in [1.807, 2.05) is 0 Å². The minimum Gasteiger partial charge on any atom is -0.455 e. The maximum atomic E-state index is 12.6. The number of nitrogens with two attached hydrogens (primary N) is 1. The summed E-state index contributed by atoms with van der Waals surface area (Å²) < 4.78 is 32.1. The number of nitrogens with one attached hydrogen (secondary N) is 1. The van der Waals surface area contributed by atoms with E-state index in [9.17, 15) is 13.2 Å². The van der Waals surface area contributed by atoms with Crippen molar-refractivity contribution in [2.24, 2.45) is 5.73 Å². The summed E-state index contributed by atoms with van der Waals surface area (Å²) in [6, 6.07) is 1.19. The van der Waals surface area contributed by atoms with Gasteiger partial charge in [0.25, 0.3) is 5.91 Å². The van der Waals surface area contributed by atoms with E-state index in [1.165, 1.54) is 10.4 Å². The Bertz CT molecular complexity index is 663. The van der Waals surface area contributed by atoms with Gasteiger partial charge in [-0.1, -0.05) is 19.8 Å². The van der Waals surface area contributed by atoms with Crippen LogP contribution in [0.25, 0.3) is 0 Å². The Balaban J connectivity index is 2.14. The first kappa shape index (κ1) is 19.0. The minimum atomic E-state index is -3.60. The summed E-state index contributed by atoms with van der Waals surface area (Å²) in [5.41, 5.74) is 5.68.